The summed E-state index contributed by atoms with van der Waals surface area (Å²) in [5.41, 5.74) is 1.74. The lowest BCUT2D eigenvalue weighted by molar-refractivity contribution is -0.132. The summed E-state index contributed by atoms with van der Waals surface area (Å²) in [6, 6.07) is 16.3. The third kappa shape index (κ3) is 3.74. The van der Waals surface area contributed by atoms with Crippen LogP contribution >= 0.6 is 11.6 Å². The summed E-state index contributed by atoms with van der Waals surface area (Å²) in [5, 5.41) is 11.6. The van der Waals surface area contributed by atoms with E-state index in [1.165, 1.54) is 42.3 Å². The van der Waals surface area contributed by atoms with E-state index in [1.54, 1.807) is 24.3 Å². The van der Waals surface area contributed by atoms with Crippen molar-refractivity contribution in [2.24, 2.45) is 0 Å². The van der Waals surface area contributed by atoms with Crippen molar-refractivity contribution < 1.29 is 23.8 Å². The molecule has 1 atom stereocenters. The second kappa shape index (κ2) is 8.48. The van der Waals surface area contributed by atoms with E-state index < -0.39 is 29.3 Å². The fraction of sp³-hybridized carbons (Fsp3) is 0.120. The second-order valence-electron chi connectivity index (χ2n) is 7.41. The Kier molecular flexibility index (Phi) is 5.72. The summed E-state index contributed by atoms with van der Waals surface area (Å²) in [6.45, 7) is 1.87. The van der Waals surface area contributed by atoms with Crippen LogP contribution < -0.4 is 9.64 Å². The van der Waals surface area contributed by atoms with Crippen LogP contribution in [-0.2, 0) is 9.59 Å². The summed E-state index contributed by atoms with van der Waals surface area (Å²) in [4.78, 5) is 27.5. The number of carbonyl (C=O) groups is 2. The number of halogens is 2. The minimum Gasteiger partial charge on any atom is -0.507 e. The number of ether oxygens (including phenoxy) is 1. The Morgan fingerprint density at radius 1 is 1.06 bits per heavy atom. The Morgan fingerprint density at radius 3 is 2.50 bits per heavy atom. The average Bonchev–Trinajstić information content (AvgIpc) is 3.04. The number of hydrogen-bond acceptors (Lipinski definition) is 4. The molecule has 0 bridgehead atoms. The highest BCUT2D eigenvalue weighted by Crippen LogP contribution is 2.43. The highest BCUT2D eigenvalue weighted by molar-refractivity contribution is 6.51. The third-order valence-corrected chi connectivity index (χ3v) is 5.54. The molecule has 1 fully saturated rings. The first-order valence-corrected chi connectivity index (χ1v) is 10.2. The van der Waals surface area contributed by atoms with Crippen molar-refractivity contribution in [1.82, 2.24) is 0 Å². The van der Waals surface area contributed by atoms with Crippen LogP contribution in [0.15, 0.2) is 72.3 Å². The van der Waals surface area contributed by atoms with Gasteiger partial charge in [0.2, 0.25) is 0 Å². The standard InChI is InChI=1S/C25H19ClFNO4/c1-14-5-3-6-15(11-14)22-21(23(29)19-12-16(26)9-10-20(19)32-2)24(30)25(31)28(22)18-8-4-7-17(27)13-18/h3-13,22,29H,1-2H3/b23-21+. The van der Waals surface area contributed by atoms with E-state index in [9.17, 15) is 19.1 Å². The maximum atomic E-state index is 14.0. The number of benzene rings is 3. The molecule has 0 aromatic heterocycles. The van der Waals surface area contributed by atoms with Crippen molar-refractivity contribution in [3.05, 3.63) is 99.8 Å². The zero-order chi connectivity index (χ0) is 23.0. The maximum Gasteiger partial charge on any atom is 0.300 e. The van der Waals surface area contributed by atoms with Crippen LogP contribution in [-0.4, -0.2) is 23.9 Å². The fourth-order valence-corrected chi connectivity index (χ4v) is 4.06. The SMILES string of the molecule is COc1ccc(Cl)cc1/C(O)=C1\C(=O)C(=O)N(c2cccc(F)c2)C1c1cccc(C)c1. The molecule has 0 saturated carbocycles. The van der Waals surface area contributed by atoms with Crippen molar-refractivity contribution in [1.29, 1.82) is 0 Å². The van der Waals surface area contributed by atoms with Crippen molar-refractivity contribution in [3.63, 3.8) is 0 Å². The van der Waals surface area contributed by atoms with Crippen LogP contribution in [0.5, 0.6) is 5.75 Å². The molecule has 162 valence electrons. The molecule has 1 unspecified atom stereocenters. The van der Waals surface area contributed by atoms with Crippen LogP contribution in [0.2, 0.25) is 5.02 Å². The Hall–Kier alpha value is -3.64. The molecule has 1 saturated heterocycles. The lowest BCUT2D eigenvalue weighted by Gasteiger charge is -2.26. The van der Waals surface area contributed by atoms with Crippen molar-refractivity contribution in [2.45, 2.75) is 13.0 Å². The summed E-state index contributed by atoms with van der Waals surface area (Å²) >= 11 is 6.11. The molecule has 0 aliphatic carbocycles. The summed E-state index contributed by atoms with van der Waals surface area (Å²) < 4.78 is 19.3. The highest BCUT2D eigenvalue weighted by atomic mass is 35.5. The van der Waals surface area contributed by atoms with Gasteiger partial charge in [0, 0.05) is 10.7 Å². The van der Waals surface area contributed by atoms with Crippen LogP contribution in [0.3, 0.4) is 0 Å². The number of rotatable bonds is 4. The molecule has 4 rings (SSSR count). The molecule has 3 aromatic rings. The number of amides is 1. The first kappa shape index (κ1) is 21.6. The minimum absolute atomic E-state index is 0.134. The smallest absolute Gasteiger partial charge is 0.300 e. The molecule has 1 heterocycles. The second-order valence-corrected chi connectivity index (χ2v) is 7.84. The van der Waals surface area contributed by atoms with Gasteiger partial charge in [-0.2, -0.15) is 0 Å². The first-order valence-electron chi connectivity index (χ1n) is 9.79. The monoisotopic (exact) mass is 451 g/mol. The van der Waals surface area contributed by atoms with E-state index >= 15 is 0 Å². The van der Waals surface area contributed by atoms with E-state index in [-0.39, 0.29) is 22.6 Å². The van der Waals surface area contributed by atoms with E-state index in [1.807, 2.05) is 19.1 Å². The summed E-state index contributed by atoms with van der Waals surface area (Å²) in [7, 11) is 1.42. The largest absolute Gasteiger partial charge is 0.507 e. The molecule has 0 radical (unpaired) electrons. The van der Waals surface area contributed by atoms with E-state index in [0.717, 1.165) is 5.56 Å². The first-order chi connectivity index (χ1) is 15.3. The number of aryl methyl sites for hydroxylation is 1. The highest BCUT2D eigenvalue weighted by Gasteiger charge is 2.47. The van der Waals surface area contributed by atoms with Gasteiger partial charge in [0.1, 0.15) is 17.3 Å². The van der Waals surface area contributed by atoms with Gasteiger partial charge >= 0.3 is 0 Å². The van der Waals surface area contributed by atoms with Crippen LogP contribution in [0.1, 0.15) is 22.7 Å². The molecule has 7 heteroatoms. The zero-order valence-electron chi connectivity index (χ0n) is 17.3. The number of nitrogens with zero attached hydrogens (tertiary/aromatic N) is 1. The number of anilines is 1. The van der Waals surface area contributed by atoms with Gasteiger partial charge in [-0.3, -0.25) is 14.5 Å². The molecule has 32 heavy (non-hydrogen) atoms. The summed E-state index contributed by atoms with van der Waals surface area (Å²) in [6.07, 6.45) is 0. The molecule has 1 N–H and O–H groups in total. The topological polar surface area (TPSA) is 66.8 Å². The maximum absolute atomic E-state index is 14.0. The molecule has 1 aliphatic heterocycles. The fourth-order valence-electron chi connectivity index (χ4n) is 3.89. The van der Waals surface area contributed by atoms with Crippen molar-refractivity contribution >= 4 is 34.7 Å². The predicted molar refractivity (Wildman–Crippen MR) is 120 cm³/mol. The van der Waals surface area contributed by atoms with Gasteiger partial charge < -0.3 is 9.84 Å². The third-order valence-electron chi connectivity index (χ3n) is 5.31. The molecule has 3 aromatic carbocycles. The Labute approximate surface area is 189 Å². The zero-order valence-corrected chi connectivity index (χ0v) is 18.1. The van der Waals surface area contributed by atoms with Gasteiger partial charge in [-0.1, -0.05) is 47.5 Å². The van der Waals surface area contributed by atoms with Gasteiger partial charge in [-0.05, 0) is 48.9 Å². The predicted octanol–water partition coefficient (Wildman–Crippen LogP) is 5.42. The van der Waals surface area contributed by atoms with Gasteiger partial charge in [0.05, 0.1) is 24.3 Å². The Balaban J connectivity index is 2.00. The summed E-state index contributed by atoms with van der Waals surface area (Å²) in [5.74, 6) is -2.45. The van der Waals surface area contributed by atoms with Crippen molar-refractivity contribution in [3.8, 4) is 5.75 Å². The minimum atomic E-state index is -0.972. The molecule has 0 spiro atoms. The van der Waals surface area contributed by atoms with E-state index in [0.29, 0.717) is 10.6 Å². The molecule has 5 nitrogen and oxygen atoms in total. The number of ketones is 1. The average molecular weight is 452 g/mol. The Bertz CT molecular complexity index is 1270. The number of methoxy groups -OCH3 is 1. The normalized spacial score (nSPS) is 17.6. The van der Waals surface area contributed by atoms with Crippen LogP contribution in [0, 0.1) is 12.7 Å². The number of aliphatic hydroxyl groups excluding tert-OH is 1. The van der Waals surface area contributed by atoms with Gasteiger partial charge in [0.15, 0.2) is 0 Å². The quantitative estimate of drug-likeness (QED) is 0.326. The lowest BCUT2D eigenvalue weighted by Crippen LogP contribution is -2.29. The van der Waals surface area contributed by atoms with Gasteiger partial charge in [0.25, 0.3) is 11.7 Å². The Morgan fingerprint density at radius 2 is 1.81 bits per heavy atom. The van der Waals surface area contributed by atoms with Crippen LogP contribution in [0.4, 0.5) is 10.1 Å². The van der Waals surface area contributed by atoms with Crippen LogP contribution in [0.25, 0.3) is 5.76 Å². The van der Waals surface area contributed by atoms with E-state index in [4.69, 9.17) is 16.3 Å². The van der Waals surface area contributed by atoms with Gasteiger partial charge in [-0.25, -0.2) is 4.39 Å². The van der Waals surface area contributed by atoms with E-state index in [2.05, 4.69) is 0 Å². The van der Waals surface area contributed by atoms with Crippen molar-refractivity contribution in [2.75, 3.05) is 12.0 Å². The molecular formula is C25H19ClFNO4. The molecular weight excluding hydrogens is 433 g/mol. The molecule has 1 aliphatic rings. The number of Topliss-reactive ketones (excluding diaryl/α,β-unsaturated/α-hetero) is 1. The number of hydrogen-bond donors (Lipinski definition) is 1. The number of aliphatic hydroxyl groups is 1. The van der Waals surface area contributed by atoms with Gasteiger partial charge in [-0.15, -0.1) is 0 Å². The lowest BCUT2D eigenvalue weighted by atomic mass is 9.94. The number of carbonyl (C=O) groups excluding carboxylic acids is 2. The molecule has 1 amide bonds.